The Bertz CT molecular complexity index is 754. The van der Waals surface area contributed by atoms with E-state index in [1.165, 1.54) is 0 Å². The van der Waals surface area contributed by atoms with Gasteiger partial charge in [-0.1, -0.05) is 30.3 Å². The summed E-state index contributed by atoms with van der Waals surface area (Å²) in [5.41, 5.74) is 4.13. The fraction of sp³-hybridized carbons (Fsp3) is 0.111. The van der Waals surface area contributed by atoms with Gasteiger partial charge in [0, 0.05) is 37.1 Å². The molecule has 0 saturated carbocycles. The van der Waals surface area contributed by atoms with Crippen LogP contribution in [0.25, 0.3) is 11.3 Å². The fourth-order valence-corrected chi connectivity index (χ4v) is 2.20. The van der Waals surface area contributed by atoms with Gasteiger partial charge in [-0.3, -0.25) is 0 Å². The highest BCUT2D eigenvalue weighted by molar-refractivity contribution is 5.68. The first-order valence-electron chi connectivity index (χ1n) is 7.14. The second-order valence-electron chi connectivity index (χ2n) is 5.22. The lowest BCUT2D eigenvalue weighted by Crippen LogP contribution is -2.08. The van der Waals surface area contributed by atoms with E-state index in [1.54, 1.807) is 6.33 Å². The molecule has 22 heavy (non-hydrogen) atoms. The predicted octanol–water partition coefficient (Wildman–Crippen LogP) is 3.95. The third kappa shape index (κ3) is 3.23. The average molecular weight is 290 g/mol. The Morgan fingerprint density at radius 1 is 0.864 bits per heavy atom. The molecule has 1 aromatic heterocycles. The number of rotatable bonds is 4. The summed E-state index contributed by atoms with van der Waals surface area (Å²) in [7, 11) is 4.06. The summed E-state index contributed by atoms with van der Waals surface area (Å²) in [6.07, 6.45) is 1.59. The number of benzene rings is 2. The van der Waals surface area contributed by atoms with Gasteiger partial charge < -0.3 is 10.2 Å². The lowest BCUT2D eigenvalue weighted by atomic mass is 10.1. The second-order valence-corrected chi connectivity index (χ2v) is 5.22. The van der Waals surface area contributed by atoms with Crippen molar-refractivity contribution in [1.82, 2.24) is 9.97 Å². The first-order chi connectivity index (χ1) is 10.7. The molecule has 1 heterocycles. The van der Waals surface area contributed by atoms with E-state index in [9.17, 15) is 0 Å². The molecular formula is C18H18N4. The van der Waals surface area contributed by atoms with Gasteiger partial charge in [0.15, 0.2) is 0 Å². The standard InChI is InChI=1S/C18H18N4/c1-22(2)16-10-6-7-14(11-16)17-12-18(20-13-19-17)21-15-8-4-3-5-9-15/h3-13H,1-2H3,(H,19,20,21). The summed E-state index contributed by atoms with van der Waals surface area (Å²) >= 11 is 0. The summed E-state index contributed by atoms with van der Waals surface area (Å²) in [6.45, 7) is 0. The first kappa shape index (κ1) is 14.1. The van der Waals surface area contributed by atoms with Gasteiger partial charge >= 0.3 is 0 Å². The normalized spacial score (nSPS) is 10.3. The average Bonchev–Trinajstić information content (AvgIpc) is 2.56. The molecule has 2 aromatic carbocycles. The van der Waals surface area contributed by atoms with Crippen LogP contribution in [-0.2, 0) is 0 Å². The predicted molar refractivity (Wildman–Crippen MR) is 91.5 cm³/mol. The van der Waals surface area contributed by atoms with Crippen molar-refractivity contribution >= 4 is 17.2 Å². The molecule has 0 atom stereocenters. The Morgan fingerprint density at radius 3 is 2.45 bits per heavy atom. The molecule has 0 spiro atoms. The van der Waals surface area contributed by atoms with E-state index in [2.05, 4.69) is 38.4 Å². The zero-order valence-electron chi connectivity index (χ0n) is 12.7. The van der Waals surface area contributed by atoms with E-state index in [-0.39, 0.29) is 0 Å². The van der Waals surface area contributed by atoms with Crippen molar-refractivity contribution in [2.45, 2.75) is 0 Å². The van der Waals surface area contributed by atoms with Crippen LogP contribution in [0.4, 0.5) is 17.2 Å². The maximum absolute atomic E-state index is 4.38. The van der Waals surface area contributed by atoms with Crippen LogP contribution in [0.3, 0.4) is 0 Å². The van der Waals surface area contributed by atoms with Gasteiger partial charge in [0.25, 0.3) is 0 Å². The molecule has 0 aliphatic heterocycles. The van der Waals surface area contributed by atoms with Crippen molar-refractivity contribution in [3.8, 4) is 11.3 Å². The highest BCUT2D eigenvalue weighted by Crippen LogP contribution is 2.24. The van der Waals surface area contributed by atoms with Crippen LogP contribution in [0.2, 0.25) is 0 Å². The first-order valence-corrected chi connectivity index (χ1v) is 7.14. The van der Waals surface area contributed by atoms with Crippen LogP contribution in [0.5, 0.6) is 0 Å². The monoisotopic (exact) mass is 290 g/mol. The van der Waals surface area contributed by atoms with Crippen LogP contribution in [-0.4, -0.2) is 24.1 Å². The maximum atomic E-state index is 4.38. The molecule has 0 aliphatic rings. The molecule has 1 N–H and O–H groups in total. The van der Waals surface area contributed by atoms with Gasteiger partial charge in [0.2, 0.25) is 0 Å². The van der Waals surface area contributed by atoms with Gasteiger partial charge in [-0.25, -0.2) is 9.97 Å². The summed E-state index contributed by atoms with van der Waals surface area (Å²) in [5, 5.41) is 3.29. The Labute approximate surface area is 130 Å². The highest BCUT2D eigenvalue weighted by atomic mass is 15.1. The third-order valence-electron chi connectivity index (χ3n) is 3.37. The van der Waals surface area contributed by atoms with E-state index in [4.69, 9.17) is 0 Å². The van der Waals surface area contributed by atoms with Crippen molar-refractivity contribution in [1.29, 1.82) is 0 Å². The van der Waals surface area contributed by atoms with E-state index in [0.29, 0.717) is 0 Å². The largest absolute Gasteiger partial charge is 0.378 e. The molecule has 0 unspecified atom stereocenters. The Kier molecular flexibility index (Phi) is 4.01. The molecule has 3 aromatic rings. The summed E-state index contributed by atoms with van der Waals surface area (Å²) in [6, 6.07) is 20.2. The molecule has 0 bridgehead atoms. The highest BCUT2D eigenvalue weighted by Gasteiger charge is 2.04. The van der Waals surface area contributed by atoms with Crippen LogP contribution in [0.15, 0.2) is 67.0 Å². The number of hydrogen-bond acceptors (Lipinski definition) is 4. The zero-order chi connectivity index (χ0) is 15.4. The minimum Gasteiger partial charge on any atom is -0.378 e. The zero-order valence-corrected chi connectivity index (χ0v) is 12.7. The number of aromatic nitrogens is 2. The quantitative estimate of drug-likeness (QED) is 0.790. The lowest BCUT2D eigenvalue weighted by molar-refractivity contribution is 1.13. The summed E-state index contributed by atoms with van der Waals surface area (Å²) in [4.78, 5) is 10.7. The molecule has 0 saturated heterocycles. The van der Waals surface area contributed by atoms with Gasteiger partial charge in [-0.05, 0) is 24.3 Å². The Morgan fingerprint density at radius 2 is 1.68 bits per heavy atom. The van der Waals surface area contributed by atoms with Crippen molar-refractivity contribution in [2.24, 2.45) is 0 Å². The molecule has 0 aliphatic carbocycles. The van der Waals surface area contributed by atoms with Crippen LogP contribution < -0.4 is 10.2 Å². The number of nitrogens with zero attached hydrogens (tertiary/aromatic N) is 3. The van der Waals surface area contributed by atoms with Gasteiger partial charge in [-0.15, -0.1) is 0 Å². The van der Waals surface area contributed by atoms with Gasteiger partial charge in [0.1, 0.15) is 12.1 Å². The molecule has 110 valence electrons. The van der Waals surface area contributed by atoms with E-state index < -0.39 is 0 Å². The maximum Gasteiger partial charge on any atom is 0.134 e. The van der Waals surface area contributed by atoms with E-state index in [0.717, 1.165) is 28.5 Å². The Balaban J connectivity index is 1.89. The molecule has 4 heteroatoms. The topological polar surface area (TPSA) is 41.0 Å². The Hall–Kier alpha value is -2.88. The molecule has 4 nitrogen and oxygen atoms in total. The summed E-state index contributed by atoms with van der Waals surface area (Å²) < 4.78 is 0. The van der Waals surface area contributed by atoms with E-state index >= 15 is 0 Å². The van der Waals surface area contributed by atoms with Crippen LogP contribution in [0.1, 0.15) is 0 Å². The third-order valence-corrected chi connectivity index (χ3v) is 3.37. The number of hydrogen-bond donors (Lipinski definition) is 1. The molecule has 0 amide bonds. The SMILES string of the molecule is CN(C)c1cccc(-c2cc(Nc3ccccc3)ncn2)c1. The smallest absolute Gasteiger partial charge is 0.134 e. The van der Waals surface area contributed by atoms with Gasteiger partial charge in [0.05, 0.1) is 5.69 Å². The molecule has 0 fully saturated rings. The number of para-hydroxylation sites is 1. The number of anilines is 3. The minimum atomic E-state index is 0.784. The molecule has 3 rings (SSSR count). The van der Waals surface area contributed by atoms with Crippen molar-refractivity contribution < 1.29 is 0 Å². The minimum absolute atomic E-state index is 0.784. The molecular weight excluding hydrogens is 272 g/mol. The molecule has 0 radical (unpaired) electrons. The summed E-state index contributed by atoms with van der Waals surface area (Å²) in [5.74, 6) is 0.784. The van der Waals surface area contributed by atoms with Gasteiger partial charge in [-0.2, -0.15) is 0 Å². The van der Waals surface area contributed by atoms with E-state index in [1.807, 2.05) is 56.6 Å². The van der Waals surface area contributed by atoms with Crippen molar-refractivity contribution in [3.05, 3.63) is 67.0 Å². The lowest BCUT2D eigenvalue weighted by Gasteiger charge is -2.13. The van der Waals surface area contributed by atoms with Crippen LogP contribution in [0, 0.1) is 0 Å². The van der Waals surface area contributed by atoms with Crippen LogP contribution >= 0.6 is 0 Å². The fourth-order valence-electron chi connectivity index (χ4n) is 2.20. The van der Waals surface area contributed by atoms with Crippen molar-refractivity contribution in [3.63, 3.8) is 0 Å². The second kappa shape index (κ2) is 6.26. The van der Waals surface area contributed by atoms with Crippen molar-refractivity contribution in [2.75, 3.05) is 24.3 Å². The number of nitrogens with one attached hydrogen (secondary N) is 1.